The van der Waals surface area contributed by atoms with Gasteiger partial charge in [0, 0.05) is 25.1 Å². The second-order valence-electron chi connectivity index (χ2n) is 3.39. The summed E-state index contributed by atoms with van der Waals surface area (Å²) in [6, 6.07) is 0. The fraction of sp³-hybridized carbons (Fsp3) is 1.00. The monoisotopic (exact) mass is 127 g/mol. The summed E-state index contributed by atoms with van der Waals surface area (Å²) in [6.45, 7) is 5.50. The van der Waals surface area contributed by atoms with E-state index in [0.717, 1.165) is 19.7 Å². The molecule has 0 amide bonds. The number of ether oxygens (including phenoxy) is 1. The summed E-state index contributed by atoms with van der Waals surface area (Å²) >= 11 is 0. The van der Waals surface area contributed by atoms with Crippen molar-refractivity contribution in [3.05, 3.63) is 0 Å². The smallest absolute Gasteiger partial charge is 0.0765 e. The van der Waals surface area contributed by atoms with Crippen LogP contribution in [0.3, 0.4) is 0 Å². The van der Waals surface area contributed by atoms with E-state index in [4.69, 9.17) is 4.74 Å². The minimum atomic E-state index is 0.472. The molecule has 2 heteroatoms. The first kappa shape index (κ1) is 5.69. The third-order valence-electron chi connectivity index (χ3n) is 2.63. The van der Waals surface area contributed by atoms with Crippen molar-refractivity contribution in [3.8, 4) is 0 Å². The molecular weight excluding hydrogens is 114 g/mol. The Morgan fingerprint density at radius 2 is 2.56 bits per heavy atom. The van der Waals surface area contributed by atoms with E-state index < -0.39 is 0 Å². The zero-order chi connectivity index (χ0) is 6.32. The lowest BCUT2D eigenvalue weighted by Crippen LogP contribution is -2.25. The number of hydrogen-bond acceptors (Lipinski definition) is 2. The lowest BCUT2D eigenvalue weighted by molar-refractivity contribution is 0.0892. The Hall–Kier alpha value is -0.0800. The highest BCUT2D eigenvalue weighted by Gasteiger charge is 2.43. The van der Waals surface area contributed by atoms with Gasteiger partial charge in [-0.1, -0.05) is 6.92 Å². The van der Waals surface area contributed by atoms with Crippen molar-refractivity contribution in [1.82, 2.24) is 5.32 Å². The third kappa shape index (κ3) is 0.700. The van der Waals surface area contributed by atoms with Crippen molar-refractivity contribution in [2.24, 2.45) is 5.41 Å². The van der Waals surface area contributed by atoms with Crippen molar-refractivity contribution in [3.63, 3.8) is 0 Å². The van der Waals surface area contributed by atoms with Gasteiger partial charge in [-0.2, -0.15) is 0 Å². The van der Waals surface area contributed by atoms with Crippen molar-refractivity contribution >= 4 is 0 Å². The first-order valence-corrected chi connectivity index (χ1v) is 3.64. The van der Waals surface area contributed by atoms with Crippen LogP contribution in [0.4, 0.5) is 0 Å². The van der Waals surface area contributed by atoms with Crippen LogP contribution >= 0.6 is 0 Å². The Labute approximate surface area is 55.6 Å². The molecule has 0 spiro atoms. The van der Waals surface area contributed by atoms with E-state index in [2.05, 4.69) is 12.2 Å². The second-order valence-corrected chi connectivity index (χ2v) is 3.39. The van der Waals surface area contributed by atoms with Crippen LogP contribution in [0.5, 0.6) is 0 Å². The molecule has 0 saturated carbocycles. The largest absolute Gasteiger partial charge is 0.376 e. The number of rotatable bonds is 0. The predicted molar refractivity (Wildman–Crippen MR) is 35.3 cm³/mol. The molecule has 0 aromatic heterocycles. The van der Waals surface area contributed by atoms with Crippen LogP contribution in [0.25, 0.3) is 0 Å². The van der Waals surface area contributed by atoms with Gasteiger partial charge < -0.3 is 10.1 Å². The predicted octanol–water partition coefficient (Wildman–Crippen LogP) is 0.385. The first-order valence-electron chi connectivity index (χ1n) is 3.64. The van der Waals surface area contributed by atoms with E-state index in [1.807, 2.05) is 0 Å². The molecule has 0 aliphatic carbocycles. The van der Waals surface area contributed by atoms with E-state index in [0.29, 0.717) is 11.5 Å². The zero-order valence-corrected chi connectivity index (χ0v) is 5.81. The van der Waals surface area contributed by atoms with Crippen LogP contribution in [0.1, 0.15) is 13.3 Å². The van der Waals surface area contributed by atoms with Crippen LogP contribution in [-0.2, 0) is 4.74 Å². The summed E-state index contributed by atoms with van der Waals surface area (Å²) in [5.41, 5.74) is 0.472. The number of hydrogen-bond donors (Lipinski definition) is 1. The van der Waals surface area contributed by atoms with Gasteiger partial charge >= 0.3 is 0 Å². The van der Waals surface area contributed by atoms with Gasteiger partial charge in [0.25, 0.3) is 0 Å². The fourth-order valence-corrected chi connectivity index (χ4v) is 1.79. The maximum absolute atomic E-state index is 5.52. The summed E-state index contributed by atoms with van der Waals surface area (Å²) in [5, 5.41) is 3.34. The summed E-state index contributed by atoms with van der Waals surface area (Å²) in [7, 11) is 0. The van der Waals surface area contributed by atoms with Crippen molar-refractivity contribution in [2.45, 2.75) is 19.4 Å². The third-order valence-corrected chi connectivity index (χ3v) is 2.63. The highest BCUT2D eigenvalue weighted by Crippen LogP contribution is 2.36. The molecule has 0 bridgehead atoms. The molecule has 52 valence electrons. The highest BCUT2D eigenvalue weighted by atomic mass is 16.5. The summed E-state index contributed by atoms with van der Waals surface area (Å²) in [4.78, 5) is 0. The van der Waals surface area contributed by atoms with E-state index >= 15 is 0 Å². The number of fused-ring (bicyclic) bond motifs is 1. The van der Waals surface area contributed by atoms with Gasteiger partial charge in [0.15, 0.2) is 0 Å². The van der Waals surface area contributed by atoms with E-state index in [1.165, 1.54) is 6.42 Å². The average Bonchev–Trinajstić information content (AvgIpc) is 2.22. The van der Waals surface area contributed by atoms with E-state index in [-0.39, 0.29) is 0 Å². The second kappa shape index (κ2) is 1.70. The Balaban J connectivity index is 2.17. The van der Waals surface area contributed by atoms with Crippen molar-refractivity contribution < 1.29 is 4.74 Å². The molecule has 2 atom stereocenters. The SMILES string of the molecule is C[C@@]12CCO[C@@H]1CNC2. The van der Waals surface area contributed by atoms with Crippen LogP contribution in [0.2, 0.25) is 0 Å². The molecule has 1 N–H and O–H groups in total. The summed E-state index contributed by atoms with van der Waals surface area (Å²) in [5.74, 6) is 0. The van der Waals surface area contributed by atoms with Crippen molar-refractivity contribution in [1.29, 1.82) is 0 Å². The van der Waals surface area contributed by atoms with Gasteiger partial charge in [0.1, 0.15) is 0 Å². The molecule has 0 aromatic carbocycles. The van der Waals surface area contributed by atoms with Gasteiger partial charge in [0.2, 0.25) is 0 Å². The summed E-state index contributed by atoms with van der Waals surface area (Å²) in [6.07, 6.45) is 1.75. The lowest BCUT2D eigenvalue weighted by Gasteiger charge is -2.19. The minimum Gasteiger partial charge on any atom is -0.376 e. The number of nitrogens with one attached hydrogen (secondary N) is 1. The molecule has 2 aliphatic rings. The maximum Gasteiger partial charge on any atom is 0.0765 e. The highest BCUT2D eigenvalue weighted by molar-refractivity contribution is 4.96. The maximum atomic E-state index is 5.52. The van der Waals surface area contributed by atoms with Gasteiger partial charge in [-0.3, -0.25) is 0 Å². The van der Waals surface area contributed by atoms with Gasteiger partial charge in [-0.25, -0.2) is 0 Å². The molecule has 2 rings (SSSR count). The summed E-state index contributed by atoms with van der Waals surface area (Å²) < 4.78 is 5.52. The minimum absolute atomic E-state index is 0.472. The van der Waals surface area contributed by atoms with Crippen LogP contribution in [0, 0.1) is 5.41 Å². The average molecular weight is 127 g/mol. The molecule has 2 nitrogen and oxygen atoms in total. The molecule has 2 fully saturated rings. The Morgan fingerprint density at radius 1 is 1.67 bits per heavy atom. The van der Waals surface area contributed by atoms with Gasteiger partial charge in [-0.05, 0) is 6.42 Å². The lowest BCUT2D eigenvalue weighted by atomic mass is 9.86. The standard InChI is InChI=1S/C7H13NO/c1-7-2-3-9-6(7)4-8-5-7/h6,8H,2-5H2,1H3/t6-,7+/m1/s1. The molecule has 2 saturated heterocycles. The first-order chi connectivity index (χ1) is 4.31. The zero-order valence-electron chi connectivity index (χ0n) is 5.81. The van der Waals surface area contributed by atoms with E-state index in [9.17, 15) is 0 Å². The molecular formula is C7H13NO. The van der Waals surface area contributed by atoms with Crippen LogP contribution in [-0.4, -0.2) is 25.8 Å². The molecule has 0 aromatic rings. The molecule has 2 heterocycles. The molecule has 2 aliphatic heterocycles. The molecule has 9 heavy (non-hydrogen) atoms. The Morgan fingerprint density at radius 3 is 3.33 bits per heavy atom. The van der Waals surface area contributed by atoms with Crippen LogP contribution < -0.4 is 5.32 Å². The molecule has 0 radical (unpaired) electrons. The van der Waals surface area contributed by atoms with Crippen molar-refractivity contribution in [2.75, 3.05) is 19.7 Å². The Kier molecular flexibility index (Phi) is 1.08. The Bertz CT molecular complexity index is 114. The topological polar surface area (TPSA) is 21.3 Å². The van der Waals surface area contributed by atoms with Crippen LogP contribution in [0.15, 0.2) is 0 Å². The van der Waals surface area contributed by atoms with Gasteiger partial charge in [0.05, 0.1) is 6.10 Å². The molecule has 0 unspecified atom stereocenters. The normalized spacial score (nSPS) is 49.7. The van der Waals surface area contributed by atoms with E-state index in [1.54, 1.807) is 0 Å². The van der Waals surface area contributed by atoms with Gasteiger partial charge in [-0.15, -0.1) is 0 Å². The quantitative estimate of drug-likeness (QED) is 0.508. The fourth-order valence-electron chi connectivity index (χ4n) is 1.79.